The molecule has 104 valence electrons. The molecule has 2 saturated heterocycles. The van der Waals surface area contributed by atoms with Gasteiger partial charge in [0.15, 0.2) is 0 Å². The summed E-state index contributed by atoms with van der Waals surface area (Å²) in [5, 5.41) is 12.5. The van der Waals surface area contributed by atoms with Crippen molar-refractivity contribution < 1.29 is 14.6 Å². The molecule has 0 aromatic carbocycles. The SMILES string of the molecule is CCC1(C)CC(N2CCNCC2C(=O)O)CCO1. The van der Waals surface area contributed by atoms with Crippen molar-refractivity contribution in [2.75, 3.05) is 26.2 Å². The van der Waals surface area contributed by atoms with Crippen LogP contribution in [0.15, 0.2) is 0 Å². The molecule has 0 spiro atoms. The maximum atomic E-state index is 11.3. The number of hydrogen-bond acceptors (Lipinski definition) is 4. The lowest BCUT2D eigenvalue weighted by Crippen LogP contribution is -2.60. The minimum Gasteiger partial charge on any atom is -0.480 e. The van der Waals surface area contributed by atoms with Crippen LogP contribution in [0.2, 0.25) is 0 Å². The van der Waals surface area contributed by atoms with Crippen molar-refractivity contribution in [1.29, 1.82) is 0 Å². The van der Waals surface area contributed by atoms with Gasteiger partial charge >= 0.3 is 5.97 Å². The van der Waals surface area contributed by atoms with Gasteiger partial charge in [0.05, 0.1) is 5.60 Å². The summed E-state index contributed by atoms with van der Waals surface area (Å²) < 4.78 is 5.84. The number of aliphatic carboxylic acids is 1. The summed E-state index contributed by atoms with van der Waals surface area (Å²) in [6, 6.07) is -0.0464. The Morgan fingerprint density at radius 2 is 2.39 bits per heavy atom. The van der Waals surface area contributed by atoms with Gasteiger partial charge in [-0.05, 0) is 26.2 Å². The van der Waals surface area contributed by atoms with Crippen LogP contribution in [-0.4, -0.2) is 59.9 Å². The number of rotatable bonds is 3. The highest BCUT2D eigenvalue weighted by molar-refractivity contribution is 5.74. The third kappa shape index (κ3) is 2.84. The van der Waals surface area contributed by atoms with Crippen LogP contribution in [0, 0.1) is 0 Å². The molecule has 0 saturated carbocycles. The summed E-state index contributed by atoms with van der Waals surface area (Å²) in [6.07, 6.45) is 2.86. The van der Waals surface area contributed by atoms with Gasteiger partial charge in [0.2, 0.25) is 0 Å². The van der Waals surface area contributed by atoms with Crippen molar-refractivity contribution in [2.45, 2.75) is 50.8 Å². The van der Waals surface area contributed by atoms with Crippen LogP contribution >= 0.6 is 0 Å². The summed E-state index contributed by atoms with van der Waals surface area (Å²) in [7, 11) is 0. The molecule has 3 unspecified atom stereocenters. The van der Waals surface area contributed by atoms with E-state index in [1.165, 1.54) is 0 Å². The first-order valence-electron chi connectivity index (χ1n) is 6.89. The Kier molecular flexibility index (Phi) is 4.25. The first-order valence-corrected chi connectivity index (χ1v) is 6.89. The van der Waals surface area contributed by atoms with Crippen molar-refractivity contribution in [3.63, 3.8) is 0 Å². The van der Waals surface area contributed by atoms with Crippen molar-refractivity contribution >= 4 is 5.97 Å². The maximum absolute atomic E-state index is 11.3. The zero-order valence-electron chi connectivity index (χ0n) is 11.3. The molecular formula is C13H24N2O3. The number of carboxylic acids is 1. The van der Waals surface area contributed by atoms with E-state index in [0.29, 0.717) is 12.6 Å². The third-order valence-electron chi connectivity index (χ3n) is 4.36. The van der Waals surface area contributed by atoms with Gasteiger partial charge in [-0.1, -0.05) is 6.92 Å². The Bertz CT molecular complexity index is 311. The average Bonchev–Trinajstić information content (AvgIpc) is 2.39. The zero-order chi connectivity index (χ0) is 13.2. The second-order valence-corrected chi connectivity index (χ2v) is 5.59. The summed E-state index contributed by atoms with van der Waals surface area (Å²) in [6.45, 7) is 7.26. The minimum atomic E-state index is -0.716. The molecule has 2 fully saturated rings. The summed E-state index contributed by atoms with van der Waals surface area (Å²) >= 11 is 0. The van der Waals surface area contributed by atoms with Gasteiger partial charge in [0.25, 0.3) is 0 Å². The fourth-order valence-corrected chi connectivity index (χ4v) is 3.02. The lowest BCUT2D eigenvalue weighted by Gasteiger charge is -2.46. The van der Waals surface area contributed by atoms with Crippen LogP contribution < -0.4 is 5.32 Å². The number of hydrogen-bond donors (Lipinski definition) is 2. The summed E-state index contributed by atoms with van der Waals surface area (Å²) in [5.41, 5.74) is -0.0865. The van der Waals surface area contributed by atoms with Crippen LogP contribution in [-0.2, 0) is 9.53 Å². The fraction of sp³-hybridized carbons (Fsp3) is 0.923. The zero-order valence-corrected chi connectivity index (χ0v) is 11.3. The van der Waals surface area contributed by atoms with E-state index in [0.717, 1.165) is 39.0 Å². The lowest BCUT2D eigenvalue weighted by molar-refractivity contribution is -0.149. The van der Waals surface area contributed by atoms with E-state index in [1.807, 2.05) is 0 Å². The van der Waals surface area contributed by atoms with Gasteiger partial charge in [-0.15, -0.1) is 0 Å². The van der Waals surface area contributed by atoms with Crippen molar-refractivity contribution in [3.8, 4) is 0 Å². The molecule has 2 aliphatic rings. The largest absolute Gasteiger partial charge is 0.480 e. The first kappa shape index (κ1) is 13.8. The Hall–Kier alpha value is -0.650. The number of nitrogens with one attached hydrogen (secondary N) is 1. The van der Waals surface area contributed by atoms with Crippen molar-refractivity contribution in [2.24, 2.45) is 0 Å². The third-order valence-corrected chi connectivity index (χ3v) is 4.36. The monoisotopic (exact) mass is 256 g/mol. The molecule has 2 rings (SSSR count). The lowest BCUT2D eigenvalue weighted by atomic mass is 9.88. The summed E-state index contributed by atoms with van der Waals surface area (Å²) in [4.78, 5) is 13.5. The van der Waals surface area contributed by atoms with E-state index >= 15 is 0 Å². The molecule has 18 heavy (non-hydrogen) atoms. The van der Waals surface area contributed by atoms with Crippen LogP contribution in [0.4, 0.5) is 0 Å². The predicted molar refractivity (Wildman–Crippen MR) is 68.7 cm³/mol. The fourth-order valence-electron chi connectivity index (χ4n) is 3.02. The molecule has 5 nitrogen and oxygen atoms in total. The number of nitrogens with zero attached hydrogens (tertiary/aromatic N) is 1. The highest BCUT2D eigenvalue weighted by Gasteiger charge is 2.39. The molecule has 0 aromatic rings. The van der Waals surface area contributed by atoms with E-state index in [2.05, 4.69) is 24.1 Å². The van der Waals surface area contributed by atoms with E-state index in [-0.39, 0.29) is 11.6 Å². The minimum absolute atomic E-state index is 0.0865. The molecule has 0 radical (unpaired) electrons. The molecular weight excluding hydrogens is 232 g/mol. The van der Waals surface area contributed by atoms with Gasteiger partial charge in [-0.25, -0.2) is 0 Å². The Balaban J connectivity index is 2.06. The first-order chi connectivity index (χ1) is 8.56. The average molecular weight is 256 g/mol. The molecule has 0 aromatic heterocycles. The molecule has 3 atom stereocenters. The molecule has 2 heterocycles. The van der Waals surface area contributed by atoms with Gasteiger partial charge < -0.3 is 15.2 Å². The molecule has 0 aliphatic carbocycles. The van der Waals surface area contributed by atoms with Gasteiger partial charge in [-0.3, -0.25) is 9.69 Å². The smallest absolute Gasteiger partial charge is 0.322 e. The Morgan fingerprint density at radius 1 is 1.61 bits per heavy atom. The Morgan fingerprint density at radius 3 is 3.06 bits per heavy atom. The molecule has 0 amide bonds. The number of ether oxygens (including phenoxy) is 1. The second-order valence-electron chi connectivity index (χ2n) is 5.59. The van der Waals surface area contributed by atoms with E-state index in [9.17, 15) is 9.90 Å². The second kappa shape index (κ2) is 5.55. The highest BCUT2D eigenvalue weighted by atomic mass is 16.5. The van der Waals surface area contributed by atoms with Crippen molar-refractivity contribution in [3.05, 3.63) is 0 Å². The van der Waals surface area contributed by atoms with E-state index < -0.39 is 5.97 Å². The number of carbonyl (C=O) groups is 1. The van der Waals surface area contributed by atoms with Gasteiger partial charge in [0.1, 0.15) is 6.04 Å². The Labute approximate surface area is 108 Å². The van der Waals surface area contributed by atoms with E-state index in [4.69, 9.17) is 4.74 Å². The van der Waals surface area contributed by atoms with Crippen LogP contribution in [0.5, 0.6) is 0 Å². The number of carboxylic acid groups (broad SMARTS) is 1. The van der Waals surface area contributed by atoms with Crippen molar-refractivity contribution in [1.82, 2.24) is 10.2 Å². The van der Waals surface area contributed by atoms with Gasteiger partial charge in [-0.2, -0.15) is 0 Å². The molecule has 5 heteroatoms. The topological polar surface area (TPSA) is 61.8 Å². The quantitative estimate of drug-likeness (QED) is 0.778. The maximum Gasteiger partial charge on any atom is 0.322 e. The predicted octanol–water partition coefficient (Wildman–Crippen LogP) is 0.693. The summed E-state index contributed by atoms with van der Waals surface area (Å²) in [5.74, 6) is -0.716. The molecule has 2 N–H and O–H groups in total. The van der Waals surface area contributed by atoms with Gasteiger partial charge in [0, 0.05) is 32.3 Å². The molecule has 0 bridgehead atoms. The molecule has 2 aliphatic heterocycles. The highest BCUT2D eigenvalue weighted by Crippen LogP contribution is 2.31. The van der Waals surface area contributed by atoms with Crippen LogP contribution in [0.1, 0.15) is 33.1 Å². The van der Waals surface area contributed by atoms with E-state index in [1.54, 1.807) is 0 Å². The van der Waals surface area contributed by atoms with Crippen LogP contribution in [0.3, 0.4) is 0 Å². The number of piperazine rings is 1. The van der Waals surface area contributed by atoms with Crippen LogP contribution in [0.25, 0.3) is 0 Å². The standard InChI is InChI=1S/C13H24N2O3/c1-3-13(2)8-10(4-7-18-13)15-6-5-14-9-11(15)12(16)17/h10-11,14H,3-9H2,1-2H3,(H,16,17). The normalized spacial score (nSPS) is 38.6.